The van der Waals surface area contributed by atoms with Gasteiger partial charge in [-0.3, -0.25) is 4.98 Å². The molecule has 0 saturated heterocycles. The summed E-state index contributed by atoms with van der Waals surface area (Å²) in [6, 6.07) is 11.0. The number of allylic oxidation sites excluding steroid dienone is 1. The molecule has 0 amide bonds. The van der Waals surface area contributed by atoms with Crippen LogP contribution in [0.1, 0.15) is 35.0 Å². The minimum Gasteiger partial charge on any atom is -0.320 e. The van der Waals surface area contributed by atoms with Crippen LogP contribution in [0.3, 0.4) is 0 Å². The molecular weight excluding hydrogens is 306 g/mol. The quantitative estimate of drug-likeness (QED) is 0.681. The average molecular weight is 331 g/mol. The maximum Gasteiger partial charge on any atom is 0.0529 e. The van der Waals surface area contributed by atoms with Gasteiger partial charge in [-0.1, -0.05) is 17.7 Å². The van der Waals surface area contributed by atoms with Crippen molar-refractivity contribution < 1.29 is 0 Å². The largest absolute Gasteiger partial charge is 0.320 e. The predicted molar refractivity (Wildman–Crippen MR) is 106 cm³/mol. The van der Waals surface area contributed by atoms with Crippen LogP contribution >= 0.6 is 0 Å². The van der Waals surface area contributed by atoms with Gasteiger partial charge in [0.15, 0.2) is 0 Å². The van der Waals surface area contributed by atoms with Crippen LogP contribution in [0.5, 0.6) is 0 Å². The molecule has 25 heavy (non-hydrogen) atoms. The molecule has 4 rings (SSSR count). The number of nitrogens with zero attached hydrogens (tertiary/aromatic N) is 3. The standard InChI is InChI=1S/C22H25N3/c1-15-5-8-21-19(11-15)20-14-24(4)10-9-22(20)25(21)13-16(2)18-7-6-17(3)23-12-18/h5-8,11-13H,9-10,14H2,1-4H3/b16-13-. The molecule has 3 nitrogen and oxygen atoms in total. The van der Waals surface area contributed by atoms with Gasteiger partial charge in [0.05, 0.1) is 5.52 Å². The molecule has 1 aromatic carbocycles. The molecule has 3 heteroatoms. The molecule has 0 spiro atoms. The first-order chi connectivity index (χ1) is 12.0. The number of hydrogen-bond acceptors (Lipinski definition) is 2. The lowest BCUT2D eigenvalue weighted by Gasteiger charge is -2.23. The molecule has 1 aliphatic rings. The van der Waals surface area contributed by atoms with E-state index in [-0.39, 0.29) is 0 Å². The molecule has 0 radical (unpaired) electrons. The van der Waals surface area contributed by atoms with Gasteiger partial charge >= 0.3 is 0 Å². The van der Waals surface area contributed by atoms with Gasteiger partial charge < -0.3 is 9.47 Å². The zero-order chi connectivity index (χ0) is 17.6. The van der Waals surface area contributed by atoms with Crippen LogP contribution in [0, 0.1) is 13.8 Å². The second kappa shape index (κ2) is 6.16. The van der Waals surface area contributed by atoms with Gasteiger partial charge in [-0.15, -0.1) is 0 Å². The summed E-state index contributed by atoms with van der Waals surface area (Å²) in [5.74, 6) is 0. The third-order valence-corrected chi connectivity index (χ3v) is 5.22. The van der Waals surface area contributed by atoms with E-state index in [0.717, 1.165) is 25.2 Å². The van der Waals surface area contributed by atoms with E-state index in [1.165, 1.54) is 38.9 Å². The Morgan fingerprint density at radius 2 is 2.00 bits per heavy atom. The Kier molecular flexibility index (Phi) is 3.97. The van der Waals surface area contributed by atoms with Crippen molar-refractivity contribution >= 4 is 22.7 Å². The van der Waals surface area contributed by atoms with Gasteiger partial charge in [0.1, 0.15) is 0 Å². The van der Waals surface area contributed by atoms with E-state index in [2.05, 4.69) is 71.9 Å². The van der Waals surface area contributed by atoms with Crippen molar-refractivity contribution in [2.24, 2.45) is 0 Å². The van der Waals surface area contributed by atoms with Gasteiger partial charge in [-0.2, -0.15) is 0 Å². The van der Waals surface area contributed by atoms with Crippen molar-refractivity contribution in [2.45, 2.75) is 33.7 Å². The first kappa shape index (κ1) is 16.1. The first-order valence-electron chi connectivity index (χ1n) is 8.95. The van der Waals surface area contributed by atoms with Gasteiger partial charge in [0.2, 0.25) is 0 Å². The Morgan fingerprint density at radius 1 is 1.16 bits per heavy atom. The summed E-state index contributed by atoms with van der Waals surface area (Å²) in [4.78, 5) is 6.86. The molecule has 0 bridgehead atoms. The number of benzene rings is 1. The van der Waals surface area contributed by atoms with E-state index in [0.29, 0.717) is 0 Å². The number of hydrogen-bond donors (Lipinski definition) is 0. The molecule has 0 aliphatic carbocycles. The van der Waals surface area contributed by atoms with E-state index in [9.17, 15) is 0 Å². The van der Waals surface area contributed by atoms with Gasteiger partial charge in [0.25, 0.3) is 0 Å². The minimum absolute atomic E-state index is 1.03. The van der Waals surface area contributed by atoms with E-state index in [4.69, 9.17) is 0 Å². The third-order valence-electron chi connectivity index (χ3n) is 5.22. The highest BCUT2D eigenvalue weighted by atomic mass is 15.1. The smallest absolute Gasteiger partial charge is 0.0529 e. The monoisotopic (exact) mass is 331 g/mol. The molecule has 2 aromatic heterocycles. The van der Waals surface area contributed by atoms with Crippen molar-refractivity contribution in [2.75, 3.05) is 13.6 Å². The summed E-state index contributed by atoms with van der Waals surface area (Å²) in [5.41, 5.74) is 9.05. The highest BCUT2D eigenvalue weighted by molar-refractivity contribution is 5.90. The van der Waals surface area contributed by atoms with Crippen LogP contribution in [0.15, 0.2) is 36.5 Å². The Morgan fingerprint density at radius 3 is 2.76 bits per heavy atom. The van der Waals surface area contributed by atoms with Crippen LogP contribution < -0.4 is 0 Å². The normalized spacial score (nSPS) is 15.6. The van der Waals surface area contributed by atoms with Crippen molar-refractivity contribution in [3.63, 3.8) is 0 Å². The first-order valence-corrected chi connectivity index (χ1v) is 8.95. The number of likely N-dealkylation sites (N-methyl/N-ethyl adjacent to an activating group) is 1. The number of aromatic nitrogens is 2. The second-order valence-corrected chi connectivity index (χ2v) is 7.30. The zero-order valence-corrected chi connectivity index (χ0v) is 15.5. The summed E-state index contributed by atoms with van der Waals surface area (Å²) in [6.45, 7) is 8.52. The summed E-state index contributed by atoms with van der Waals surface area (Å²) in [7, 11) is 2.21. The maximum atomic E-state index is 4.44. The lowest BCUT2D eigenvalue weighted by Crippen LogP contribution is -2.26. The lowest BCUT2D eigenvalue weighted by atomic mass is 10.0. The highest BCUT2D eigenvalue weighted by Gasteiger charge is 2.21. The van der Waals surface area contributed by atoms with Crippen molar-refractivity contribution in [1.82, 2.24) is 14.5 Å². The average Bonchev–Trinajstić information content (AvgIpc) is 2.88. The number of pyridine rings is 1. The molecule has 0 saturated carbocycles. The lowest BCUT2D eigenvalue weighted by molar-refractivity contribution is 0.312. The number of aryl methyl sites for hydroxylation is 2. The summed E-state index contributed by atoms with van der Waals surface area (Å²) in [5, 5.41) is 1.40. The Balaban J connectivity index is 1.89. The summed E-state index contributed by atoms with van der Waals surface area (Å²) < 4.78 is 2.41. The maximum absolute atomic E-state index is 4.44. The fourth-order valence-electron chi connectivity index (χ4n) is 3.76. The Labute approximate surface area is 149 Å². The molecule has 0 atom stereocenters. The molecule has 0 unspecified atom stereocenters. The number of fused-ring (bicyclic) bond motifs is 3. The van der Waals surface area contributed by atoms with Crippen LogP contribution in [0.2, 0.25) is 0 Å². The van der Waals surface area contributed by atoms with Crippen molar-refractivity contribution in [3.8, 4) is 0 Å². The molecule has 0 fully saturated rings. The Bertz CT molecular complexity index is 961. The molecule has 3 aromatic rings. The minimum atomic E-state index is 1.03. The van der Waals surface area contributed by atoms with Gasteiger partial charge in [0, 0.05) is 48.7 Å². The van der Waals surface area contributed by atoms with E-state index < -0.39 is 0 Å². The Hall–Kier alpha value is -2.39. The summed E-state index contributed by atoms with van der Waals surface area (Å²) >= 11 is 0. The van der Waals surface area contributed by atoms with Crippen molar-refractivity contribution in [3.05, 3.63) is 64.6 Å². The summed E-state index contributed by atoms with van der Waals surface area (Å²) in [6.07, 6.45) is 5.35. The van der Waals surface area contributed by atoms with E-state index in [1.54, 1.807) is 0 Å². The highest BCUT2D eigenvalue weighted by Crippen LogP contribution is 2.32. The SMILES string of the molecule is C/C(=C/n1c2c(c3cc(C)ccc31)CN(C)CC2)c1ccc(C)nc1. The van der Waals surface area contributed by atoms with E-state index in [1.807, 2.05) is 13.1 Å². The predicted octanol–water partition coefficient (Wildman–Crippen LogP) is 4.66. The zero-order valence-electron chi connectivity index (χ0n) is 15.5. The number of rotatable bonds is 2. The van der Waals surface area contributed by atoms with Crippen LogP contribution in [-0.2, 0) is 13.0 Å². The topological polar surface area (TPSA) is 21.1 Å². The fourth-order valence-corrected chi connectivity index (χ4v) is 3.76. The molecule has 0 N–H and O–H groups in total. The molecular formula is C22H25N3. The fraction of sp³-hybridized carbons (Fsp3) is 0.318. The van der Waals surface area contributed by atoms with Crippen molar-refractivity contribution in [1.29, 1.82) is 0 Å². The van der Waals surface area contributed by atoms with Crippen LogP contribution in [-0.4, -0.2) is 28.0 Å². The second-order valence-electron chi connectivity index (χ2n) is 7.30. The van der Waals surface area contributed by atoms with Crippen LogP contribution in [0.4, 0.5) is 0 Å². The molecule has 3 heterocycles. The van der Waals surface area contributed by atoms with E-state index >= 15 is 0 Å². The van der Waals surface area contributed by atoms with Gasteiger partial charge in [-0.05, 0) is 62.7 Å². The van der Waals surface area contributed by atoms with Gasteiger partial charge in [-0.25, -0.2) is 0 Å². The molecule has 128 valence electrons. The third kappa shape index (κ3) is 2.89. The molecule has 1 aliphatic heterocycles. The van der Waals surface area contributed by atoms with Crippen LogP contribution in [0.25, 0.3) is 22.7 Å².